The lowest BCUT2D eigenvalue weighted by Gasteiger charge is -2.11. The molecule has 0 saturated carbocycles. The van der Waals surface area contributed by atoms with E-state index in [0.717, 1.165) is 15.7 Å². The molecule has 0 bridgehead atoms. The minimum Gasteiger partial charge on any atom is -0.486 e. The molecule has 0 saturated heterocycles. The third-order valence-corrected chi connectivity index (χ3v) is 3.41. The first-order chi connectivity index (χ1) is 9.06. The molecule has 0 amide bonds. The van der Waals surface area contributed by atoms with Crippen LogP contribution in [0.15, 0.2) is 41.0 Å². The van der Waals surface area contributed by atoms with Gasteiger partial charge in [-0.3, -0.25) is 4.98 Å². The molecule has 1 unspecified atom stereocenters. The smallest absolute Gasteiger partial charge is 0.138 e. The van der Waals surface area contributed by atoms with Crippen molar-refractivity contribution in [2.24, 2.45) is 5.73 Å². The minimum absolute atomic E-state index is 0.0420. The maximum absolute atomic E-state index is 6.16. The molecule has 0 aliphatic carbocycles. The molecule has 0 radical (unpaired) electrons. The number of halogens is 2. The van der Waals surface area contributed by atoms with Gasteiger partial charge in [-0.1, -0.05) is 17.7 Å². The van der Waals surface area contributed by atoms with Crippen LogP contribution in [-0.2, 0) is 6.61 Å². The van der Waals surface area contributed by atoms with E-state index in [1.165, 1.54) is 0 Å². The molecule has 2 rings (SSSR count). The number of hydrogen-bond donors (Lipinski definition) is 1. The molecule has 1 aromatic carbocycles. The molecule has 5 heteroatoms. The Morgan fingerprint density at radius 2 is 2.16 bits per heavy atom. The van der Waals surface area contributed by atoms with E-state index in [9.17, 15) is 0 Å². The van der Waals surface area contributed by atoms with Gasteiger partial charge in [-0.2, -0.15) is 0 Å². The standard InChI is InChI=1S/C14H14BrClN2O/c1-9(17)10-2-5-14(13(16)6-10)19-8-12-4-3-11(15)7-18-12/h2-7,9H,8,17H2,1H3. The Morgan fingerprint density at radius 3 is 2.74 bits per heavy atom. The Bertz CT molecular complexity index is 558. The highest BCUT2D eigenvalue weighted by Crippen LogP contribution is 2.27. The Kier molecular flexibility index (Phi) is 4.80. The summed E-state index contributed by atoms with van der Waals surface area (Å²) < 4.78 is 6.59. The summed E-state index contributed by atoms with van der Waals surface area (Å²) in [4.78, 5) is 4.23. The number of nitrogens with zero attached hydrogens (tertiary/aromatic N) is 1. The summed E-state index contributed by atoms with van der Waals surface area (Å²) in [6, 6.07) is 9.36. The molecule has 0 aliphatic heterocycles. The topological polar surface area (TPSA) is 48.1 Å². The SMILES string of the molecule is CC(N)c1ccc(OCc2ccc(Br)cn2)c(Cl)c1. The van der Waals surface area contributed by atoms with Crippen LogP contribution in [0.4, 0.5) is 0 Å². The molecule has 2 aromatic rings. The fourth-order valence-corrected chi connectivity index (χ4v) is 2.04. The summed E-state index contributed by atoms with van der Waals surface area (Å²) in [6.07, 6.45) is 1.74. The van der Waals surface area contributed by atoms with Gasteiger partial charge in [0.25, 0.3) is 0 Å². The van der Waals surface area contributed by atoms with Gasteiger partial charge in [0.2, 0.25) is 0 Å². The molecular weight excluding hydrogens is 328 g/mol. The van der Waals surface area contributed by atoms with Gasteiger partial charge in [0.05, 0.1) is 10.7 Å². The molecule has 1 aromatic heterocycles. The maximum atomic E-state index is 6.16. The highest BCUT2D eigenvalue weighted by molar-refractivity contribution is 9.10. The lowest BCUT2D eigenvalue weighted by atomic mass is 10.1. The molecule has 3 nitrogen and oxygen atoms in total. The van der Waals surface area contributed by atoms with Crippen LogP contribution < -0.4 is 10.5 Å². The summed E-state index contributed by atoms with van der Waals surface area (Å²) in [5.74, 6) is 0.635. The van der Waals surface area contributed by atoms with Crippen molar-refractivity contribution < 1.29 is 4.74 Å². The number of benzene rings is 1. The number of pyridine rings is 1. The molecule has 1 heterocycles. The Balaban J connectivity index is 2.05. The fraction of sp³-hybridized carbons (Fsp3) is 0.214. The van der Waals surface area contributed by atoms with Gasteiger partial charge in [-0.15, -0.1) is 0 Å². The second-order valence-corrected chi connectivity index (χ2v) is 5.56. The maximum Gasteiger partial charge on any atom is 0.138 e. The van der Waals surface area contributed by atoms with Crippen LogP contribution in [0.5, 0.6) is 5.75 Å². The summed E-state index contributed by atoms with van der Waals surface area (Å²) in [5.41, 5.74) is 7.63. The average molecular weight is 342 g/mol. The summed E-state index contributed by atoms with van der Waals surface area (Å²) in [6.45, 7) is 2.29. The third kappa shape index (κ3) is 3.93. The van der Waals surface area contributed by atoms with E-state index < -0.39 is 0 Å². The number of rotatable bonds is 4. The predicted octanol–water partition coefficient (Wildman–Crippen LogP) is 4.10. The normalized spacial score (nSPS) is 12.2. The molecule has 0 fully saturated rings. The van der Waals surface area contributed by atoms with Gasteiger partial charge in [0.15, 0.2) is 0 Å². The first-order valence-corrected chi connectivity index (χ1v) is 7.01. The van der Waals surface area contributed by atoms with E-state index >= 15 is 0 Å². The van der Waals surface area contributed by atoms with Crippen molar-refractivity contribution in [2.75, 3.05) is 0 Å². The van der Waals surface area contributed by atoms with Crippen LogP contribution in [-0.4, -0.2) is 4.98 Å². The zero-order valence-corrected chi connectivity index (χ0v) is 12.8. The van der Waals surface area contributed by atoms with Crippen molar-refractivity contribution in [2.45, 2.75) is 19.6 Å². The number of ether oxygens (including phenoxy) is 1. The van der Waals surface area contributed by atoms with Gasteiger partial charge in [-0.05, 0) is 52.7 Å². The predicted molar refractivity (Wildman–Crippen MR) is 80.3 cm³/mol. The van der Waals surface area contributed by atoms with Gasteiger partial charge in [0.1, 0.15) is 12.4 Å². The zero-order valence-electron chi connectivity index (χ0n) is 10.4. The van der Waals surface area contributed by atoms with Gasteiger partial charge < -0.3 is 10.5 Å². The molecule has 0 spiro atoms. The van der Waals surface area contributed by atoms with Crippen LogP contribution in [0.2, 0.25) is 5.02 Å². The Labute approximate surface area is 125 Å². The van der Waals surface area contributed by atoms with E-state index in [0.29, 0.717) is 17.4 Å². The molecule has 19 heavy (non-hydrogen) atoms. The lowest BCUT2D eigenvalue weighted by Crippen LogP contribution is -2.05. The largest absolute Gasteiger partial charge is 0.486 e. The van der Waals surface area contributed by atoms with Gasteiger partial charge in [0, 0.05) is 16.7 Å². The van der Waals surface area contributed by atoms with Crippen LogP contribution >= 0.6 is 27.5 Å². The lowest BCUT2D eigenvalue weighted by molar-refractivity contribution is 0.301. The van der Waals surface area contributed by atoms with Crippen LogP contribution in [0.1, 0.15) is 24.2 Å². The van der Waals surface area contributed by atoms with Crippen molar-refractivity contribution in [3.63, 3.8) is 0 Å². The highest BCUT2D eigenvalue weighted by atomic mass is 79.9. The van der Waals surface area contributed by atoms with E-state index in [1.807, 2.05) is 37.3 Å². The first kappa shape index (κ1) is 14.3. The molecular formula is C14H14BrClN2O. The zero-order chi connectivity index (χ0) is 13.8. The highest BCUT2D eigenvalue weighted by Gasteiger charge is 2.06. The van der Waals surface area contributed by atoms with Crippen LogP contribution in [0, 0.1) is 0 Å². The molecule has 100 valence electrons. The monoisotopic (exact) mass is 340 g/mol. The average Bonchev–Trinajstić information content (AvgIpc) is 2.39. The quantitative estimate of drug-likeness (QED) is 0.911. The first-order valence-electron chi connectivity index (χ1n) is 5.84. The number of aromatic nitrogens is 1. The van der Waals surface area contributed by atoms with Crippen LogP contribution in [0.25, 0.3) is 0 Å². The van der Waals surface area contributed by atoms with Crippen molar-refractivity contribution in [1.82, 2.24) is 4.98 Å². The fourth-order valence-electron chi connectivity index (χ4n) is 1.56. The second-order valence-electron chi connectivity index (χ2n) is 4.23. The van der Waals surface area contributed by atoms with Crippen molar-refractivity contribution in [3.8, 4) is 5.75 Å². The Morgan fingerprint density at radius 1 is 1.37 bits per heavy atom. The third-order valence-electron chi connectivity index (χ3n) is 2.65. The van der Waals surface area contributed by atoms with E-state index in [4.69, 9.17) is 22.1 Å². The molecule has 1 atom stereocenters. The summed E-state index contributed by atoms with van der Waals surface area (Å²) in [7, 11) is 0. The van der Waals surface area contributed by atoms with Crippen molar-refractivity contribution >= 4 is 27.5 Å². The number of hydrogen-bond acceptors (Lipinski definition) is 3. The van der Waals surface area contributed by atoms with Gasteiger partial charge >= 0.3 is 0 Å². The summed E-state index contributed by atoms with van der Waals surface area (Å²) >= 11 is 9.49. The minimum atomic E-state index is -0.0420. The van der Waals surface area contributed by atoms with Crippen LogP contribution in [0.3, 0.4) is 0 Å². The Hall–Kier alpha value is -1.10. The van der Waals surface area contributed by atoms with E-state index in [1.54, 1.807) is 6.20 Å². The summed E-state index contributed by atoms with van der Waals surface area (Å²) in [5, 5.41) is 0.562. The second kappa shape index (κ2) is 6.37. The molecule has 0 aliphatic rings. The van der Waals surface area contributed by atoms with E-state index in [2.05, 4.69) is 20.9 Å². The van der Waals surface area contributed by atoms with Crippen molar-refractivity contribution in [3.05, 3.63) is 57.3 Å². The molecule has 2 N–H and O–H groups in total. The van der Waals surface area contributed by atoms with E-state index in [-0.39, 0.29) is 6.04 Å². The van der Waals surface area contributed by atoms with Crippen molar-refractivity contribution in [1.29, 1.82) is 0 Å². The number of nitrogens with two attached hydrogens (primary N) is 1. The van der Waals surface area contributed by atoms with Gasteiger partial charge in [-0.25, -0.2) is 0 Å².